The number of nitrogens with one attached hydrogen (secondary N) is 1. The summed E-state index contributed by atoms with van der Waals surface area (Å²) in [5, 5.41) is 10.4. The molecule has 0 saturated heterocycles. The van der Waals surface area contributed by atoms with E-state index in [2.05, 4.69) is 23.7 Å². The van der Waals surface area contributed by atoms with E-state index in [1.807, 2.05) is 49.4 Å². The van der Waals surface area contributed by atoms with E-state index in [0.29, 0.717) is 12.1 Å². The van der Waals surface area contributed by atoms with Gasteiger partial charge >= 0.3 is 0 Å². The number of aromatic nitrogens is 1. The number of aliphatic hydroxyl groups is 1. The van der Waals surface area contributed by atoms with E-state index >= 15 is 0 Å². The topological polar surface area (TPSA) is 56.3 Å². The average Bonchev–Trinajstić information content (AvgIpc) is 3.10. The maximum absolute atomic E-state index is 12.8. The molecule has 0 unspecified atom stereocenters. The molecular formula is C23H26N2O2. The summed E-state index contributed by atoms with van der Waals surface area (Å²) in [6.45, 7) is 6.16. The van der Waals surface area contributed by atoms with E-state index in [4.69, 9.17) is 0 Å². The van der Waals surface area contributed by atoms with Crippen LogP contribution in [0.15, 0.2) is 66.7 Å². The first-order valence-electron chi connectivity index (χ1n) is 9.20. The smallest absolute Gasteiger partial charge is 0.274 e. The van der Waals surface area contributed by atoms with Gasteiger partial charge in [-0.15, -0.1) is 6.58 Å². The lowest BCUT2D eigenvalue weighted by Gasteiger charge is -2.16. The molecule has 0 bridgehead atoms. The zero-order chi connectivity index (χ0) is 19.4. The fourth-order valence-corrected chi connectivity index (χ4v) is 3.43. The molecule has 1 heterocycles. The van der Waals surface area contributed by atoms with E-state index in [-0.39, 0.29) is 18.4 Å². The molecule has 4 nitrogen and oxygen atoms in total. The van der Waals surface area contributed by atoms with Crippen LogP contribution in [0.5, 0.6) is 0 Å². The largest absolute Gasteiger partial charge is 0.396 e. The molecule has 3 rings (SSSR count). The van der Waals surface area contributed by atoms with Gasteiger partial charge in [-0.05, 0) is 61.6 Å². The summed E-state index contributed by atoms with van der Waals surface area (Å²) in [5.41, 5.74) is 4.61. The molecule has 0 fully saturated rings. The van der Waals surface area contributed by atoms with Gasteiger partial charge in [-0.25, -0.2) is 0 Å². The molecule has 27 heavy (non-hydrogen) atoms. The predicted octanol–water partition coefficient (Wildman–Crippen LogP) is 4.88. The number of nitrogens with zero attached hydrogens (tertiary/aromatic N) is 1. The minimum absolute atomic E-state index is 0.0761. The van der Waals surface area contributed by atoms with E-state index < -0.39 is 0 Å². The molecule has 0 saturated carbocycles. The summed E-state index contributed by atoms with van der Waals surface area (Å²) in [5.74, 6) is 0.158. The minimum atomic E-state index is -0.0761. The SMILES string of the molecule is C=C(C)C[C@H](CCO)c1ccc2[nH]c(C(=O)N(C)c3ccccc3)cc2c1. The zero-order valence-corrected chi connectivity index (χ0v) is 15.9. The summed E-state index contributed by atoms with van der Waals surface area (Å²) in [6.07, 6.45) is 1.55. The number of H-pyrrole nitrogens is 1. The average molecular weight is 362 g/mol. The number of hydrogen-bond acceptors (Lipinski definition) is 2. The summed E-state index contributed by atoms with van der Waals surface area (Å²) < 4.78 is 0. The van der Waals surface area contributed by atoms with Gasteiger partial charge < -0.3 is 15.0 Å². The van der Waals surface area contributed by atoms with Crippen LogP contribution in [0.2, 0.25) is 0 Å². The Kier molecular flexibility index (Phi) is 5.77. The molecule has 0 aliphatic rings. The van der Waals surface area contributed by atoms with Crippen molar-refractivity contribution < 1.29 is 9.90 Å². The third kappa shape index (κ3) is 4.29. The van der Waals surface area contributed by atoms with Crippen molar-refractivity contribution in [2.24, 2.45) is 0 Å². The molecule has 0 radical (unpaired) electrons. The number of amides is 1. The van der Waals surface area contributed by atoms with Crippen molar-refractivity contribution in [2.75, 3.05) is 18.6 Å². The van der Waals surface area contributed by atoms with Crippen LogP contribution >= 0.6 is 0 Å². The molecule has 140 valence electrons. The Morgan fingerprint density at radius 3 is 2.59 bits per heavy atom. The Bertz CT molecular complexity index is 943. The monoisotopic (exact) mass is 362 g/mol. The van der Waals surface area contributed by atoms with Crippen LogP contribution in [0.1, 0.15) is 41.7 Å². The van der Waals surface area contributed by atoms with Gasteiger partial charge in [-0.2, -0.15) is 0 Å². The predicted molar refractivity (Wildman–Crippen MR) is 111 cm³/mol. The molecule has 0 aliphatic heterocycles. The number of aliphatic hydroxyl groups excluding tert-OH is 1. The molecule has 4 heteroatoms. The second-order valence-corrected chi connectivity index (χ2v) is 7.10. The lowest BCUT2D eigenvalue weighted by molar-refractivity contribution is 0.0989. The first kappa shape index (κ1) is 18.9. The summed E-state index contributed by atoms with van der Waals surface area (Å²) in [7, 11) is 1.78. The number of aromatic amines is 1. The Balaban J connectivity index is 1.89. The highest BCUT2D eigenvalue weighted by molar-refractivity contribution is 6.07. The fraction of sp³-hybridized carbons (Fsp3) is 0.261. The quantitative estimate of drug-likeness (QED) is 0.589. The molecule has 0 spiro atoms. The van der Waals surface area contributed by atoms with Crippen molar-refractivity contribution in [3.63, 3.8) is 0 Å². The molecule has 1 atom stereocenters. The number of allylic oxidation sites excluding steroid dienone is 1. The Labute approximate surface area is 160 Å². The van der Waals surface area contributed by atoms with E-state index in [9.17, 15) is 9.90 Å². The molecule has 2 aromatic carbocycles. The zero-order valence-electron chi connectivity index (χ0n) is 15.9. The number of hydrogen-bond donors (Lipinski definition) is 2. The van der Waals surface area contributed by atoms with Gasteiger partial charge in [-0.3, -0.25) is 4.79 Å². The maximum atomic E-state index is 12.8. The Morgan fingerprint density at radius 2 is 1.93 bits per heavy atom. The highest BCUT2D eigenvalue weighted by atomic mass is 16.3. The lowest BCUT2D eigenvalue weighted by Crippen LogP contribution is -2.26. The number of fused-ring (bicyclic) bond motifs is 1. The lowest BCUT2D eigenvalue weighted by atomic mass is 9.89. The van der Waals surface area contributed by atoms with Crippen molar-refractivity contribution in [3.8, 4) is 0 Å². The number of carbonyl (C=O) groups excluding carboxylic acids is 1. The standard InChI is InChI=1S/C23H26N2O2/c1-16(2)13-18(11-12-26)17-9-10-21-19(14-17)15-22(24-21)23(27)25(3)20-7-5-4-6-8-20/h4-10,14-15,18,24,26H,1,11-13H2,2-3H3/t18-/m0/s1. The van der Waals surface area contributed by atoms with Crippen LogP contribution in [0.4, 0.5) is 5.69 Å². The number of anilines is 1. The van der Waals surface area contributed by atoms with Gasteiger partial charge in [0.15, 0.2) is 0 Å². The number of rotatable bonds is 7. The summed E-state index contributed by atoms with van der Waals surface area (Å²) >= 11 is 0. The Hall–Kier alpha value is -2.85. The van der Waals surface area contributed by atoms with Crippen LogP contribution in [0.25, 0.3) is 10.9 Å². The summed E-state index contributed by atoms with van der Waals surface area (Å²) in [4.78, 5) is 17.7. The second-order valence-electron chi connectivity index (χ2n) is 7.10. The molecule has 0 aliphatic carbocycles. The fourth-order valence-electron chi connectivity index (χ4n) is 3.43. The van der Waals surface area contributed by atoms with Crippen molar-refractivity contribution in [1.82, 2.24) is 4.98 Å². The van der Waals surface area contributed by atoms with Crippen molar-refractivity contribution in [3.05, 3.63) is 78.0 Å². The van der Waals surface area contributed by atoms with Gasteiger partial charge in [0, 0.05) is 30.2 Å². The highest BCUT2D eigenvalue weighted by Gasteiger charge is 2.17. The highest BCUT2D eigenvalue weighted by Crippen LogP contribution is 2.29. The van der Waals surface area contributed by atoms with Crippen LogP contribution in [0.3, 0.4) is 0 Å². The van der Waals surface area contributed by atoms with Crippen LogP contribution < -0.4 is 4.90 Å². The van der Waals surface area contributed by atoms with E-state index in [1.165, 1.54) is 0 Å². The summed E-state index contributed by atoms with van der Waals surface area (Å²) in [6, 6.07) is 17.7. The normalized spacial score (nSPS) is 12.1. The van der Waals surface area contributed by atoms with Gasteiger partial charge in [0.05, 0.1) is 0 Å². The number of carbonyl (C=O) groups is 1. The first-order chi connectivity index (χ1) is 13.0. The molecule has 1 aromatic heterocycles. The minimum Gasteiger partial charge on any atom is -0.396 e. The second kappa shape index (κ2) is 8.23. The molecular weight excluding hydrogens is 336 g/mol. The first-order valence-corrected chi connectivity index (χ1v) is 9.20. The van der Waals surface area contributed by atoms with Gasteiger partial charge in [-0.1, -0.05) is 29.8 Å². The van der Waals surface area contributed by atoms with E-state index in [1.54, 1.807) is 11.9 Å². The van der Waals surface area contributed by atoms with Gasteiger partial charge in [0.1, 0.15) is 5.69 Å². The number of para-hydroxylation sites is 1. The third-order valence-corrected chi connectivity index (χ3v) is 4.87. The van der Waals surface area contributed by atoms with Gasteiger partial charge in [0.25, 0.3) is 5.91 Å². The van der Waals surface area contributed by atoms with Crippen LogP contribution in [-0.4, -0.2) is 29.7 Å². The van der Waals surface area contributed by atoms with Gasteiger partial charge in [0.2, 0.25) is 0 Å². The third-order valence-electron chi connectivity index (χ3n) is 4.87. The van der Waals surface area contributed by atoms with Crippen molar-refractivity contribution in [2.45, 2.75) is 25.7 Å². The molecule has 3 aromatic rings. The molecule has 2 N–H and O–H groups in total. The van der Waals surface area contributed by atoms with Crippen LogP contribution in [0, 0.1) is 0 Å². The van der Waals surface area contributed by atoms with Crippen LogP contribution in [-0.2, 0) is 0 Å². The number of benzene rings is 2. The molecule has 1 amide bonds. The van der Waals surface area contributed by atoms with Crippen molar-refractivity contribution >= 4 is 22.5 Å². The Morgan fingerprint density at radius 1 is 1.19 bits per heavy atom. The van der Waals surface area contributed by atoms with Crippen molar-refractivity contribution in [1.29, 1.82) is 0 Å². The maximum Gasteiger partial charge on any atom is 0.274 e. The van der Waals surface area contributed by atoms with E-state index in [0.717, 1.165) is 34.1 Å².